The predicted octanol–water partition coefficient (Wildman–Crippen LogP) is 4.63. The zero-order valence-corrected chi connectivity index (χ0v) is 15.8. The molecule has 27 heavy (non-hydrogen) atoms. The van der Waals surface area contributed by atoms with Gasteiger partial charge in [0.1, 0.15) is 11.6 Å². The number of anilines is 2. The molecule has 1 amide bonds. The van der Waals surface area contributed by atoms with Crippen LogP contribution >= 0.6 is 23.2 Å². The summed E-state index contributed by atoms with van der Waals surface area (Å²) in [5, 5.41) is 15.3. The molecule has 0 fully saturated rings. The SMILES string of the molecule is CCOC(=O)c1ccc(N/C=C(/C#N)C(=O)Nc2ccc(Cl)cc2Cl)cc1. The molecule has 0 atom stereocenters. The molecule has 8 heteroatoms. The van der Waals surface area contributed by atoms with Crippen LogP contribution in [0.3, 0.4) is 0 Å². The standard InChI is InChI=1S/C19H15Cl2N3O3/c1-2-27-19(26)12-3-6-15(7-4-12)23-11-13(10-22)18(25)24-17-8-5-14(20)9-16(17)21/h3-9,11,23H,2H2,1H3,(H,24,25)/b13-11-. The van der Waals surface area contributed by atoms with Crippen molar-refractivity contribution in [2.45, 2.75) is 6.92 Å². The van der Waals surface area contributed by atoms with Crippen molar-refractivity contribution in [3.63, 3.8) is 0 Å². The molecule has 0 aliphatic rings. The van der Waals surface area contributed by atoms with Gasteiger partial charge >= 0.3 is 5.97 Å². The van der Waals surface area contributed by atoms with Gasteiger partial charge in [-0.1, -0.05) is 23.2 Å². The first kappa shape index (κ1) is 20.3. The van der Waals surface area contributed by atoms with Crippen LogP contribution in [0.4, 0.5) is 11.4 Å². The molecule has 6 nitrogen and oxygen atoms in total. The minimum absolute atomic E-state index is 0.157. The monoisotopic (exact) mass is 403 g/mol. The summed E-state index contributed by atoms with van der Waals surface area (Å²) >= 11 is 11.8. The zero-order chi connectivity index (χ0) is 19.8. The largest absolute Gasteiger partial charge is 0.462 e. The number of carbonyl (C=O) groups excluding carboxylic acids is 2. The number of amides is 1. The number of ether oxygens (including phenoxy) is 1. The second-order valence-electron chi connectivity index (χ2n) is 5.19. The van der Waals surface area contributed by atoms with Gasteiger partial charge in [-0.25, -0.2) is 4.79 Å². The fourth-order valence-corrected chi connectivity index (χ4v) is 2.46. The molecule has 0 unspecified atom stereocenters. The first-order chi connectivity index (χ1) is 12.9. The molecule has 2 aromatic carbocycles. The number of benzene rings is 2. The minimum Gasteiger partial charge on any atom is -0.462 e. The third-order valence-electron chi connectivity index (χ3n) is 3.32. The summed E-state index contributed by atoms with van der Waals surface area (Å²) in [5.74, 6) is -1.05. The lowest BCUT2D eigenvalue weighted by Crippen LogP contribution is -2.14. The third kappa shape index (κ3) is 5.74. The molecule has 2 aromatic rings. The Balaban J connectivity index is 2.06. The number of halogens is 2. The van der Waals surface area contributed by atoms with Crippen molar-refractivity contribution < 1.29 is 14.3 Å². The van der Waals surface area contributed by atoms with Crippen molar-refractivity contribution in [1.29, 1.82) is 5.26 Å². The Morgan fingerprint density at radius 3 is 2.48 bits per heavy atom. The molecular weight excluding hydrogens is 389 g/mol. The maximum absolute atomic E-state index is 12.2. The van der Waals surface area contributed by atoms with Crippen molar-refractivity contribution in [2.75, 3.05) is 17.2 Å². The fourth-order valence-electron chi connectivity index (χ4n) is 2.00. The highest BCUT2D eigenvalue weighted by Gasteiger charge is 2.12. The summed E-state index contributed by atoms with van der Waals surface area (Å²) < 4.78 is 4.90. The summed E-state index contributed by atoms with van der Waals surface area (Å²) in [6.45, 7) is 2.02. The lowest BCUT2D eigenvalue weighted by Gasteiger charge is -2.07. The summed E-state index contributed by atoms with van der Waals surface area (Å²) in [6.07, 6.45) is 1.26. The van der Waals surface area contributed by atoms with Gasteiger partial charge in [0.25, 0.3) is 5.91 Å². The van der Waals surface area contributed by atoms with Gasteiger partial charge in [-0.05, 0) is 49.4 Å². The highest BCUT2D eigenvalue weighted by Crippen LogP contribution is 2.25. The number of carbonyl (C=O) groups is 2. The van der Waals surface area contributed by atoms with Crippen LogP contribution in [0.15, 0.2) is 54.2 Å². The van der Waals surface area contributed by atoms with Gasteiger partial charge in [0.05, 0.1) is 22.9 Å². The molecule has 0 saturated carbocycles. The van der Waals surface area contributed by atoms with E-state index in [1.807, 2.05) is 6.07 Å². The van der Waals surface area contributed by atoms with Gasteiger partial charge in [0.2, 0.25) is 0 Å². The van der Waals surface area contributed by atoms with E-state index in [4.69, 9.17) is 27.9 Å². The van der Waals surface area contributed by atoms with Gasteiger partial charge in [0, 0.05) is 16.9 Å². The second-order valence-corrected chi connectivity index (χ2v) is 6.03. The molecule has 0 aliphatic carbocycles. The zero-order valence-electron chi connectivity index (χ0n) is 14.3. The van der Waals surface area contributed by atoms with Gasteiger partial charge in [-0.2, -0.15) is 5.26 Å². The van der Waals surface area contributed by atoms with E-state index >= 15 is 0 Å². The Hall–Kier alpha value is -3.01. The number of nitriles is 1. The summed E-state index contributed by atoms with van der Waals surface area (Å²) in [4.78, 5) is 23.8. The molecule has 2 N–H and O–H groups in total. The van der Waals surface area contributed by atoms with Crippen LogP contribution in [0.5, 0.6) is 0 Å². The molecule has 2 rings (SSSR count). The number of nitrogens with zero attached hydrogens (tertiary/aromatic N) is 1. The average Bonchev–Trinajstić information content (AvgIpc) is 2.65. The third-order valence-corrected chi connectivity index (χ3v) is 3.87. The van der Waals surface area contributed by atoms with Crippen LogP contribution in [0.2, 0.25) is 10.0 Å². The minimum atomic E-state index is -0.627. The topological polar surface area (TPSA) is 91.2 Å². The van der Waals surface area contributed by atoms with E-state index in [1.165, 1.54) is 12.3 Å². The molecule has 0 saturated heterocycles. The number of hydrogen-bond acceptors (Lipinski definition) is 5. The highest BCUT2D eigenvalue weighted by atomic mass is 35.5. The molecule has 0 aromatic heterocycles. The predicted molar refractivity (Wildman–Crippen MR) is 105 cm³/mol. The first-order valence-electron chi connectivity index (χ1n) is 7.85. The number of nitrogens with one attached hydrogen (secondary N) is 2. The first-order valence-corrected chi connectivity index (χ1v) is 8.60. The van der Waals surface area contributed by atoms with Crippen LogP contribution in [-0.2, 0) is 9.53 Å². The summed E-state index contributed by atoms with van der Waals surface area (Å²) in [6, 6.07) is 12.8. The van der Waals surface area contributed by atoms with Gasteiger partial charge in [0.15, 0.2) is 0 Å². The number of esters is 1. The molecule has 0 radical (unpaired) electrons. The Labute approximate surface area is 166 Å². The Kier molecular flexibility index (Phi) is 7.24. The molecule has 0 spiro atoms. The normalized spacial score (nSPS) is 10.7. The van der Waals surface area contributed by atoms with Crippen molar-refractivity contribution in [3.05, 3.63) is 69.8 Å². The van der Waals surface area contributed by atoms with Gasteiger partial charge < -0.3 is 15.4 Å². The second kappa shape index (κ2) is 9.62. The quantitative estimate of drug-likeness (QED) is 0.416. The van der Waals surface area contributed by atoms with Crippen molar-refractivity contribution >= 4 is 46.5 Å². The maximum Gasteiger partial charge on any atom is 0.338 e. The van der Waals surface area contributed by atoms with Crippen molar-refractivity contribution in [3.8, 4) is 6.07 Å². The van der Waals surface area contributed by atoms with E-state index in [2.05, 4.69) is 10.6 Å². The summed E-state index contributed by atoms with van der Waals surface area (Å²) in [7, 11) is 0. The molecule has 0 heterocycles. The van der Waals surface area contributed by atoms with Crippen LogP contribution in [0.1, 0.15) is 17.3 Å². The average molecular weight is 404 g/mol. The van der Waals surface area contributed by atoms with E-state index in [-0.39, 0.29) is 10.6 Å². The van der Waals surface area contributed by atoms with E-state index < -0.39 is 11.9 Å². The smallest absolute Gasteiger partial charge is 0.338 e. The lowest BCUT2D eigenvalue weighted by atomic mass is 10.2. The van der Waals surface area contributed by atoms with E-state index in [9.17, 15) is 14.9 Å². The Morgan fingerprint density at radius 1 is 1.19 bits per heavy atom. The van der Waals surface area contributed by atoms with Gasteiger partial charge in [-0.15, -0.1) is 0 Å². The highest BCUT2D eigenvalue weighted by molar-refractivity contribution is 6.36. The summed E-state index contributed by atoms with van der Waals surface area (Å²) in [5.41, 5.74) is 1.18. The van der Waals surface area contributed by atoms with Crippen LogP contribution < -0.4 is 10.6 Å². The molecule has 0 bridgehead atoms. The van der Waals surface area contributed by atoms with Crippen LogP contribution in [0.25, 0.3) is 0 Å². The lowest BCUT2D eigenvalue weighted by molar-refractivity contribution is -0.112. The van der Waals surface area contributed by atoms with Crippen LogP contribution in [-0.4, -0.2) is 18.5 Å². The molecular formula is C19H15Cl2N3O3. The van der Waals surface area contributed by atoms with E-state index in [1.54, 1.807) is 43.3 Å². The van der Waals surface area contributed by atoms with Gasteiger partial charge in [-0.3, -0.25) is 4.79 Å². The maximum atomic E-state index is 12.2. The molecule has 138 valence electrons. The van der Waals surface area contributed by atoms with Crippen molar-refractivity contribution in [1.82, 2.24) is 0 Å². The Bertz CT molecular complexity index is 919. The van der Waals surface area contributed by atoms with Crippen molar-refractivity contribution in [2.24, 2.45) is 0 Å². The Morgan fingerprint density at radius 2 is 1.89 bits per heavy atom. The van der Waals surface area contributed by atoms with E-state index in [0.717, 1.165) is 0 Å². The number of hydrogen-bond donors (Lipinski definition) is 2. The number of rotatable bonds is 6. The van der Waals surface area contributed by atoms with E-state index in [0.29, 0.717) is 28.6 Å². The van der Waals surface area contributed by atoms with Crippen LogP contribution in [0, 0.1) is 11.3 Å². The fraction of sp³-hybridized carbons (Fsp3) is 0.105. The molecule has 0 aliphatic heterocycles.